The number of ether oxygens (including phenoxy) is 1. The lowest BCUT2D eigenvalue weighted by molar-refractivity contribution is -0.856. The lowest BCUT2D eigenvalue weighted by Crippen LogP contribution is -3.06. The molecule has 3 atom stereocenters. The van der Waals surface area contributed by atoms with Gasteiger partial charge in [-0.3, -0.25) is 14.5 Å². The monoisotopic (exact) mass is 326 g/mol. The molecule has 6 nitrogen and oxygen atoms in total. The largest absolute Gasteiger partial charge is 0.353 e. The number of hydrogen-bond donors (Lipinski definition) is 2. The Morgan fingerprint density at radius 1 is 1.39 bits per heavy atom. The summed E-state index contributed by atoms with van der Waals surface area (Å²) in [6, 6.07) is -0.482. The van der Waals surface area contributed by atoms with Crippen LogP contribution in [0.25, 0.3) is 0 Å². The predicted molar refractivity (Wildman–Crippen MR) is 87.9 cm³/mol. The number of likely N-dealkylation sites (N-methyl/N-ethyl adjacent to an activating group) is 1. The van der Waals surface area contributed by atoms with Crippen molar-refractivity contribution in [3.63, 3.8) is 0 Å². The smallest absolute Gasteiger partial charge is 0.245 e. The van der Waals surface area contributed by atoms with E-state index in [1.165, 1.54) is 11.3 Å². The molecule has 0 radical (unpaired) electrons. The Morgan fingerprint density at radius 3 is 2.74 bits per heavy atom. The van der Waals surface area contributed by atoms with Gasteiger partial charge in [-0.1, -0.05) is 20.3 Å². The van der Waals surface area contributed by atoms with Crippen LogP contribution in [0.4, 0.5) is 0 Å². The third-order valence-electron chi connectivity index (χ3n) is 4.99. The second kappa shape index (κ2) is 7.62. The van der Waals surface area contributed by atoms with Crippen LogP contribution < -0.4 is 10.2 Å². The molecule has 1 spiro atoms. The number of nitrogens with one attached hydrogen (secondary N) is 2. The van der Waals surface area contributed by atoms with E-state index in [2.05, 4.69) is 26.3 Å². The lowest BCUT2D eigenvalue weighted by Gasteiger charge is -2.43. The fourth-order valence-corrected chi connectivity index (χ4v) is 3.81. The first-order valence-electron chi connectivity index (χ1n) is 8.92. The molecular formula is C17H32N3O3+. The molecule has 2 N–H and O–H groups in total. The van der Waals surface area contributed by atoms with Crippen LogP contribution in [0.15, 0.2) is 0 Å². The average molecular weight is 326 g/mol. The molecule has 2 aliphatic rings. The van der Waals surface area contributed by atoms with Crippen LogP contribution in [0, 0.1) is 5.92 Å². The summed E-state index contributed by atoms with van der Waals surface area (Å²) >= 11 is 0. The minimum atomic E-state index is -0.556. The number of quaternary nitrogens is 1. The van der Waals surface area contributed by atoms with Crippen molar-refractivity contribution in [3.8, 4) is 0 Å². The summed E-state index contributed by atoms with van der Waals surface area (Å²) in [4.78, 5) is 28.2. The highest BCUT2D eigenvalue weighted by molar-refractivity contribution is 5.88. The summed E-state index contributed by atoms with van der Waals surface area (Å²) in [6.07, 6.45) is 4.30. The zero-order valence-electron chi connectivity index (χ0n) is 15.0. The molecule has 0 aromatic heterocycles. The molecule has 2 rings (SSSR count). The second-order valence-electron chi connectivity index (χ2n) is 7.34. The van der Waals surface area contributed by atoms with E-state index in [0.29, 0.717) is 25.5 Å². The molecule has 1 aliphatic carbocycles. The van der Waals surface area contributed by atoms with Crippen molar-refractivity contribution in [2.45, 2.75) is 57.7 Å². The fraction of sp³-hybridized carbons (Fsp3) is 0.882. The van der Waals surface area contributed by atoms with Gasteiger partial charge in [0.15, 0.2) is 0 Å². The van der Waals surface area contributed by atoms with Crippen LogP contribution in [-0.4, -0.2) is 62.3 Å². The highest BCUT2D eigenvalue weighted by atomic mass is 16.5. The second-order valence-corrected chi connectivity index (χ2v) is 7.34. The molecule has 6 heteroatoms. The highest BCUT2D eigenvalue weighted by Crippen LogP contribution is 2.42. The summed E-state index contributed by atoms with van der Waals surface area (Å²) in [5.41, 5.74) is -0.556. The number of nitrogens with zero attached hydrogens (tertiary/aromatic N) is 1. The van der Waals surface area contributed by atoms with E-state index in [9.17, 15) is 9.59 Å². The van der Waals surface area contributed by atoms with Crippen molar-refractivity contribution in [3.05, 3.63) is 0 Å². The topological polar surface area (TPSA) is 63.1 Å². The van der Waals surface area contributed by atoms with Crippen LogP contribution >= 0.6 is 0 Å². The van der Waals surface area contributed by atoms with Crippen LogP contribution in [0.5, 0.6) is 0 Å². The minimum Gasteiger partial charge on any atom is -0.353 e. The number of carbonyl (C=O) groups is 2. The van der Waals surface area contributed by atoms with Gasteiger partial charge in [0.05, 0.1) is 33.8 Å². The molecule has 2 amide bonds. The van der Waals surface area contributed by atoms with Gasteiger partial charge in [0, 0.05) is 6.42 Å². The first-order valence-corrected chi connectivity index (χ1v) is 8.92. The Kier molecular flexibility index (Phi) is 6.03. The molecule has 1 saturated heterocycles. The Balaban J connectivity index is 2.10. The molecule has 2 fully saturated rings. The minimum absolute atomic E-state index is 0.0231. The maximum Gasteiger partial charge on any atom is 0.245 e. The number of rotatable bonds is 5. The van der Waals surface area contributed by atoms with E-state index in [4.69, 9.17) is 4.74 Å². The van der Waals surface area contributed by atoms with E-state index in [1.807, 2.05) is 6.92 Å². The highest BCUT2D eigenvalue weighted by Gasteiger charge is 2.53. The van der Waals surface area contributed by atoms with E-state index < -0.39 is 11.8 Å². The van der Waals surface area contributed by atoms with Crippen LogP contribution in [-0.2, 0) is 14.3 Å². The molecule has 0 aromatic carbocycles. The van der Waals surface area contributed by atoms with Gasteiger partial charge in [0.25, 0.3) is 0 Å². The Bertz CT molecular complexity index is 441. The number of amides is 2. The molecule has 0 unspecified atom stereocenters. The summed E-state index contributed by atoms with van der Waals surface area (Å²) in [7, 11) is 4.10. The van der Waals surface area contributed by atoms with Crippen LogP contribution in [0.2, 0.25) is 0 Å². The van der Waals surface area contributed by atoms with Gasteiger partial charge in [-0.15, -0.1) is 0 Å². The van der Waals surface area contributed by atoms with Gasteiger partial charge < -0.3 is 15.0 Å². The Morgan fingerprint density at radius 2 is 2.13 bits per heavy atom. The zero-order valence-corrected chi connectivity index (χ0v) is 15.0. The molecule has 1 saturated carbocycles. The molecule has 1 aliphatic heterocycles. The van der Waals surface area contributed by atoms with E-state index >= 15 is 0 Å². The van der Waals surface area contributed by atoms with Crippen molar-refractivity contribution in [2.24, 2.45) is 5.92 Å². The number of hydrogen-bond acceptors (Lipinski definition) is 3. The van der Waals surface area contributed by atoms with Gasteiger partial charge in [-0.05, 0) is 25.2 Å². The first-order chi connectivity index (χ1) is 10.9. The van der Waals surface area contributed by atoms with Crippen LogP contribution in [0.1, 0.15) is 46.0 Å². The summed E-state index contributed by atoms with van der Waals surface area (Å²) in [5, 5.41) is 2.96. The molecule has 0 aromatic rings. The molecule has 1 heterocycles. The first kappa shape index (κ1) is 18.2. The normalized spacial score (nSPS) is 30.9. The summed E-state index contributed by atoms with van der Waals surface area (Å²) < 4.78 is 6.09. The van der Waals surface area contributed by atoms with Gasteiger partial charge in [-0.2, -0.15) is 0 Å². The van der Waals surface area contributed by atoms with Gasteiger partial charge in [-0.25, -0.2) is 0 Å². The Hall–Kier alpha value is -1.14. The number of carbonyl (C=O) groups excluding carboxylic acids is 2. The molecule has 23 heavy (non-hydrogen) atoms. The summed E-state index contributed by atoms with van der Waals surface area (Å²) in [6.45, 7) is 5.86. The lowest BCUT2D eigenvalue weighted by atomic mass is 9.83. The van der Waals surface area contributed by atoms with Crippen molar-refractivity contribution >= 4 is 11.8 Å². The van der Waals surface area contributed by atoms with Gasteiger partial charge in [0.1, 0.15) is 11.8 Å². The average Bonchev–Trinajstić information content (AvgIpc) is 2.84. The van der Waals surface area contributed by atoms with Gasteiger partial charge in [0.2, 0.25) is 11.8 Å². The van der Waals surface area contributed by atoms with Crippen molar-refractivity contribution in [2.75, 3.05) is 33.8 Å². The molecule has 0 bridgehead atoms. The van der Waals surface area contributed by atoms with E-state index in [1.54, 1.807) is 4.90 Å². The predicted octanol–water partition coefficient (Wildman–Crippen LogP) is -0.209. The van der Waals surface area contributed by atoms with Crippen LogP contribution in [0.3, 0.4) is 0 Å². The fourth-order valence-electron chi connectivity index (χ4n) is 3.81. The Labute approximate surface area is 139 Å². The van der Waals surface area contributed by atoms with E-state index in [0.717, 1.165) is 25.8 Å². The maximum atomic E-state index is 12.6. The standard InChI is InChI=1S/C17H31N3O3/c1-5-15(21)20-14(16(22)18-9-10-19(3)4)12-23-17(20)8-6-7-13(2)11-17/h13-14H,5-12H2,1-4H3,(H,18,22)/p+1/t13-,14-,17+/m0/s1. The SMILES string of the molecule is CCC(=O)N1[C@H](C(=O)NCC[NH+](C)C)CO[C@@]12CCC[C@H](C)C2. The molecular weight excluding hydrogens is 294 g/mol. The maximum absolute atomic E-state index is 12.6. The van der Waals surface area contributed by atoms with Crippen molar-refractivity contribution in [1.82, 2.24) is 10.2 Å². The third kappa shape index (κ3) is 4.04. The van der Waals surface area contributed by atoms with Crippen molar-refractivity contribution < 1.29 is 19.2 Å². The zero-order chi connectivity index (χ0) is 17.0. The third-order valence-corrected chi connectivity index (χ3v) is 4.99. The quantitative estimate of drug-likeness (QED) is 0.735. The molecule has 132 valence electrons. The van der Waals surface area contributed by atoms with Crippen molar-refractivity contribution in [1.29, 1.82) is 0 Å². The van der Waals surface area contributed by atoms with Gasteiger partial charge >= 0.3 is 0 Å². The summed E-state index contributed by atoms with van der Waals surface area (Å²) in [5.74, 6) is 0.466. The van der Waals surface area contributed by atoms with E-state index in [-0.39, 0.29) is 11.8 Å².